The van der Waals surface area contributed by atoms with E-state index in [9.17, 15) is 9.18 Å². The number of carbonyl (C=O) groups is 1. The predicted octanol–water partition coefficient (Wildman–Crippen LogP) is 4.04. The van der Waals surface area contributed by atoms with E-state index in [1.165, 1.54) is 18.6 Å². The number of nitrogens with zero attached hydrogens (tertiary/aromatic N) is 1. The fraction of sp³-hybridized carbons (Fsp3) is 0.316. The highest BCUT2D eigenvalue weighted by atomic mass is 19.1. The first-order valence-electron chi connectivity index (χ1n) is 8.28. The van der Waals surface area contributed by atoms with Gasteiger partial charge >= 0.3 is 0 Å². The number of hydrogen-bond acceptors (Lipinski definition) is 3. The molecule has 1 aliphatic heterocycles. The SMILES string of the molecule is C[C@H]1CCCCN1c1ccc(NC(=O)c2ccccc2F)cc1N. The van der Waals surface area contributed by atoms with Crippen LogP contribution in [0.15, 0.2) is 42.5 Å². The molecule has 1 heterocycles. The summed E-state index contributed by atoms with van der Waals surface area (Å²) in [5.74, 6) is -1.02. The van der Waals surface area contributed by atoms with E-state index in [-0.39, 0.29) is 5.56 Å². The molecule has 3 N–H and O–H groups in total. The molecule has 5 heteroatoms. The van der Waals surface area contributed by atoms with E-state index in [0.717, 1.165) is 25.1 Å². The maximum absolute atomic E-state index is 13.7. The fourth-order valence-electron chi connectivity index (χ4n) is 3.19. The number of rotatable bonds is 3. The van der Waals surface area contributed by atoms with Crippen LogP contribution in [0.3, 0.4) is 0 Å². The molecule has 0 aliphatic carbocycles. The van der Waals surface area contributed by atoms with Crippen molar-refractivity contribution >= 4 is 23.0 Å². The Balaban J connectivity index is 1.77. The maximum atomic E-state index is 13.7. The van der Waals surface area contributed by atoms with Crippen LogP contribution in [-0.2, 0) is 0 Å². The Hall–Kier alpha value is -2.56. The number of anilines is 3. The number of benzene rings is 2. The molecule has 1 atom stereocenters. The zero-order valence-electron chi connectivity index (χ0n) is 13.8. The molecule has 0 bridgehead atoms. The predicted molar refractivity (Wildman–Crippen MR) is 95.9 cm³/mol. The molecule has 3 rings (SSSR count). The molecule has 1 amide bonds. The van der Waals surface area contributed by atoms with E-state index in [4.69, 9.17) is 5.73 Å². The third-order valence-electron chi connectivity index (χ3n) is 4.52. The summed E-state index contributed by atoms with van der Waals surface area (Å²) < 4.78 is 13.7. The van der Waals surface area contributed by atoms with Crippen molar-refractivity contribution in [2.45, 2.75) is 32.2 Å². The Morgan fingerprint density at radius 3 is 2.75 bits per heavy atom. The summed E-state index contributed by atoms with van der Waals surface area (Å²) >= 11 is 0. The van der Waals surface area contributed by atoms with Gasteiger partial charge in [-0.15, -0.1) is 0 Å². The molecule has 0 aromatic heterocycles. The van der Waals surface area contributed by atoms with Crippen LogP contribution in [0.4, 0.5) is 21.5 Å². The van der Waals surface area contributed by atoms with Crippen LogP contribution < -0.4 is 16.0 Å². The minimum atomic E-state index is -0.540. The van der Waals surface area contributed by atoms with Crippen LogP contribution in [0.5, 0.6) is 0 Å². The van der Waals surface area contributed by atoms with Gasteiger partial charge in [0.25, 0.3) is 5.91 Å². The smallest absolute Gasteiger partial charge is 0.258 e. The lowest BCUT2D eigenvalue weighted by Crippen LogP contribution is -2.37. The number of nitrogen functional groups attached to an aromatic ring is 1. The van der Waals surface area contributed by atoms with E-state index < -0.39 is 11.7 Å². The molecule has 4 nitrogen and oxygen atoms in total. The second-order valence-corrected chi connectivity index (χ2v) is 6.25. The highest BCUT2D eigenvalue weighted by Gasteiger charge is 2.20. The van der Waals surface area contributed by atoms with E-state index in [1.807, 2.05) is 12.1 Å². The molecule has 0 radical (unpaired) electrons. The van der Waals surface area contributed by atoms with Crippen molar-refractivity contribution in [2.75, 3.05) is 22.5 Å². The summed E-state index contributed by atoms with van der Waals surface area (Å²) in [6, 6.07) is 11.8. The number of halogens is 1. The monoisotopic (exact) mass is 327 g/mol. The Morgan fingerprint density at radius 1 is 1.25 bits per heavy atom. The van der Waals surface area contributed by atoms with Crippen LogP contribution in [0.2, 0.25) is 0 Å². The zero-order chi connectivity index (χ0) is 17.1. The van der Waals surface area contributed by atoms with E-state index in [2.05, 4.69) is 17.1 Å². The summed E-state index contributed by atoms with van der Waals surface area (Å²) in [5.41, 5.74) is 8.39. The highest BCUT2D eigenvalue weighted by Crippen LogP contribution is 2.31. The van der Waals surface area contributed by atoms with Crippen molar-refractivity contribution in [3.05, 3.63) is 53.8 Å². The Labute approximate surface area is 141 Å². The maximum Gasteiger partial charge on any atom is 0.258 e. The number of amides is 1. The largest absolute Gasteiger partial charge is 0.397 e. The van der Waals surface area contributed by atoms with Gasteiger partial charge < -0.3 is 16.0 Å². The van der Waals surface area contributed by atoms with Gasteiger partial charge in [-0.3, -0.25) is 4.79 Å². The van der Waals surface area contributed by atoms with Crippen molar-refractivity contribution in [3.8, 4) is 0 Å². The minimum absolute atomic E-state index is 0.0183. The third-order valence-corrected chi connectivity index (χ3v) is 4.52. The van der Waals surface area contributed by atoms with Gasteiger partial charge in [0.1, 0.15) is 5.82 Å². The average molecular weight is 327 g/mol. The second kappa shape index (κ2) is 6.91. The molecule has 1 saturated heterocycles. The third kappa shape index (κ3) is 3.35. The van der Waals surface area contributed by atoms with Crippen LogP contribution in [0, 0.1) is 5.82 Å². The molecule has 24 heavy (non-hydrogen) atoms. The van der Waals surface area contributed by atoms with Gasteiger partial charge in [-0.2, -0.15) is 0 Å². The summed E-state index contributed by atoms with van der Waals surface area (Å²) in [6.07, 6.45) is 3.56. The van der Waals surface area contributed by atoms with Crippen LogP contribution in [0.1, 0.15) is 36.5 Å². The summed E-state index contributed by atoms with van der Waals surface area (Å²) in [7, 11) is 0. The first kappa shape index (κ1) is 16.3. The molecule has 1 fully saturated rings. The molecule has 126 valence electrons. The average Bonchev–Trinajstić information content (AvgIpc) is 2.56. The second-order valence-electron chi connectivity index (χ2n) is 6.25. The molecular weight excluding hydrogens is 305 g/mol. The Morgan fingerprint density at radius 2 is 2.04 bits per heavy atom. The topological polar surface area (TPSA) is 58.4 Å². The normalized spacial score (nSPS) is 17.6. The van der Waals surface area contributed by atoms with Gasteiger partial charge in [0.15, 0.2) is 0 Å². The molecule has 0 spiro atoms. The Kier molecular flexibility index (Phi) is 4.69. The van der Waals surface area contributed by atoms with Crippen molar-refractivity contribution in [1.82, 2.24) is 0 Å². The minimum Gasteiger partial charge on any atom is -0.397 e. The lowest BCUT2D eigenvalue weighted by molar-refractivity contribution is 0.102. The highest BCUT2D eigenvalue weighted by molar-refractivity contribution is 6.04. The van der Waals surface area contributed by atoms with E-state index >= 15 is 0 Å². The number of nitrogens with two attached hydrogens (primary N) is 1. The summed E-state index contributed by atoms with van der Waals surface area (Å²) in [6.45, 7) is 3.19. The van der Waals surface area contributed by atoms with E-state index in [0.29, 0.717) is 17.4 Å². The van der Waals surface area contributed by atoms with Gasteiger partial charge in [0.2, 0.25) is 0 Å². The van der Waals surface area contributed by atoms with Crippen molar-refractivity contribution < 1.29 is 9.18 Å². The van der Waals surface area contributed by atoms with E-state index in [1.54, 1.807) is 18.2 Å². The number of hydrogen-bond donors (Lipinski definition) is 2. The number of piperidine rings is 1. The number of carbonyl (C=O) groups excluding carboxylic acids is 1. The first-order valence-corrected chi connectivity index (χ1v) is 8.28. The number of nitrogens with one attached hydrogen (secondary N) is 1. The lowest BCUT2D eigenvalue weighted by atomic mass is 10.0. The molecule has 2 aromatic rings. The lowest BCUT2D eigenvalue weighted by Gasteiger charge is -2.36. The standard InChI is InChI=1S/C19H22FN3O/c1-13-6-4-5-11-23(13)18-10-9-14(12-17(18)21)22-19(24)15-7-2-3-8-16(15)20/h2-3,7-10,12-13H,4-6,11,21H2,1H3,(H,22,24)/t13-/m0/s1. The first-order chi connectivity index (χ1) is 11.6. The van der Waals surface area contributed by atoms with Crippen molar-refractivity contribution in [3.63, 3.8) is 0 Å². The van der Waals surface area contributed by atoms with Gasteiger partial charge in [-0.1, -0.05) is 12.1 Å². The Bertz CT molecular complexity index is 747. The van der Waals surface area contributed by atoms with Gasteiger partial charge in [0, 0.05) is 18.3 Å². The van der Waals surface area contributed by atoms with Crippen molar-refractivity contribution in [1.29, 1.82) is 0 Å². The van der Waals surface area contributed by atoms with Crippen molar-refractivity contribution in [2.24, 2.45) is 0 Å². The van der Waals surface area contributed by atoms with Crippen LogP contribution in [-0.4, -0.2) is 18.5 Å². The van der Waals surface area contributed by atoms with Crippen LogP contribution in [0.25, 0.3) is 0 Å². The van der Waals surface area contributed by atoms with Crippen LogP contribution >= 0.6 is 0 Å². The van der Waals surface area contributed by atoms with Gasteiger partial charge in [0.05, 0.1) is 16.9 Å². The van der Waals surface area contributed by atoms with Gasteiger partial charge in [-0.25, -0.2) is 4.39 Å². The quantitative estimate of drug-likeness (QED) is 0.837. The zero-order valence-corrected chi connectivity index (χ0v) is 13.8. The summed E-state index contributed by atoms with van der Waals surface area (Å²) in [4.78, 5) is 14.5. The molecular formula is C19H22FN3O. The molecule has 0 saturated carbocycles. The molecule has 2 aromatic carbocycles. The molecule has 0 unspecified atom stereocenters. The fourth-order valence-corrected chi connectivity index (χ4v) is 3.19. The van der Waals surface area contributed by atoms with Gasteiger partial charge in [-0.05, 0) is 56.5 Å². The summed E-state index contributed by atoms with van der Waals surface area (Å²) in [5, 5.41) is 2.70. The molecule has 1 aliphatic rings.